The zero-order valence-electron chi connectivity index (χ0n) is 10.5. The molecule has 1 heteroatoms. The highest BCUT2D eigenvalue weighted by atomic mass is 16.3. The largest absolute Gasteiger partial charge is 0.472 e. The van der Waals surface area contributed by atoms with Crippen LogP contribution in [0.1, 0.15) is 62.5 Å². The van der Waals surface area contributed by atoms with Gasteiger partial charge in [0, 0.05) is 0 Å². The molecule has 0 unspecified atom stereocenters. The van der Waals surface area contributed by atoms with Crippen LogP contribution in [-0.2, 0) is 0 Å². The lowest BCUT2D eigenvalue weighted by Crippen LogP contribution is -2.30. The first-order chi connectivity index (χ1) is 7.72. The summed E-state index contributed by atoms with van der Waals surface area (Å²) in [5, 5.41) is 0. The summed E-state index contributed by atoms with van der Waals surface area (Å²) >= 11 is 0. The summed E-state index contributed by atoms with van der Waals surface area (Å²) < 4.78 is 5.38. The molecule has 88 valence electrons. The summed E-state index contributed by atoms with van der Waals surface area (Å²) in [6.45, 7) is 4.72. The van der Waals surface area contributed by atoms with Crippen LogP contribution in [0.15, 0.2) is 16.9 Å². The Bertz CT molecular complexity index is 379. The van der Waals surface area contributed by atoms with Crippen LogP contribution in [0.3, 0.4) is 0 Å². The van der Waals surface area contributed by atoms with Gasteiger partial charge in [-0.15, -0.1) is 0 Å². The molecular formula is C15H22O. The Kier molecular flexibility index (Phi) is 2.38. The van der Waals surface area contributed by atoms with E-state index in [1.54, 1.807) is 0 Å². The van der Waals surface area contributed by atoms with E-state index in [4.69, 9.17) is 4.42 Å². The maximum Gasteiger partial charge on any atom is 0.0940 e. The van der Waals surface area contributed by atoms with E-state index in [9.17, 15) is 0 Å². The predicted molar refractivity (Wildman–Crippen MR) is 65.5 cm³/mol. The second-order valence-electron chi connectivity index (χ2n) is 6.09. The Morgan fingerprint density at radius 1 is 1.19 bits per heavy atom. The molecule has 1 aromatic heterocycles. The third kappa shape index (κ3) is 1.37. The molecule has 0 bridgehead atoms. The number of aryl methyl sites for hydroxylation is 1. The molecule has 0 amide bonds. The van der Waals surface area contributed by atoms with Gasteiger partial charge in [-0.3, -0.25) is 0 Å². The van der Waals surface area contributed by atoms with Crippen molar-refractivity contribution < 1.29 is 4.42 Å². The van der Waals surface area contributed by atoms with Crippen molar-refractivity contribution in [1.82, 2.24) is 0 Å². The molecule has 0 N–H and O–H groups in total. The number of hydrogen-bond donors (Lipinski definition) is 0. The zero-order chi connectivity index (χ0) is 11.2. The molecule has 2 fully saturated rings. The minimum atomic E-state index is 0.562. The Morgan fingerprint density at radius 2 is 2.06 bits per heavy atom. The van der Waals surface area contributed by atoms with E-state index in [0.29, 0.717) is 5.41 Å². The van der Waals surface area contributed by atoms with Crippen molar-refractivity contribution in [3.8, 4) is 0 Å². The molecule has 0 aromatic carbocycles. The first kappa shape index (κ1) is 10.4. The van der Waals surface area contributed by atoms with E-state index in [-0.39, 0.29) is 0 Å². The van der Waals surface area contributed by atoms with Gasteiger partial charge in [0.05, 0.1) is 12.5 Å². The monoisotopic (exact) mass is 218 g/mol. The molecule has 0 spiro atoms. The van der Waals surface area contributed by atoms with Crippen molar-refractivity contribution >= 4 is 0 Å². The van der Waals surface area contributed by atoms with E-state index in [0.717, 1.165) is 11.8 Å². The molecule has 0 aliphatic heterocycles. The standard InChI is InChI=1S/C15H22O/c1-11-9-16-10-13(11)14-7-6-12-5-3-4-8-15(12,14)2/h9-10,12,14H,3-8H2,1-2H3/t12-,14+,15-/m0/s1. The average molecular weight is 218 g/mol. The molecule has 3 rings (SSSR count). The zero-order valence-corrected chi connectivity index (χ0v) is 10.5. The smallest absolute Gasteiger partial charge is 0.0940 e. The molecule has 1 heterocycles. The van der Waals surface area contributed by atoms with Crippen molar-refractivity contribution in [2.24, 2.45) is 11.3 Å². The van der Waals surface area contributed by atoms with Crippen LogP contribution in [0, 0.1) is 18.3 Å². The van der Waals surface area contributed by atoms with Crippen LogP contribution in [-0.4, -0.2) is 0 Å². The fourth-order valence-electron chi connectivity index (χ4n) is 4.30. The molecule has 2 aliphatic rings. The molecular weight excluding hydrogens is 196 g/mol. The summed E-state index contributed by atoms with van der Waals surface area (Å²) in [5.74, 6) is 1.73. The highest BCUT2D eigenvalue weighted by molar-refractivity contribution is 5.28. The van der Waals surface area contributed by atoms with Crippen LogP contribution < -0.4 is 0 Å². The topological polar surface area (TPSA) is 13.1 Å². The first-order valence-electron chi connectivity index (χ1n) is 6.74. The van der Waals surface area contributed by atoms with E-state index in [1.807, 2.05) is 12.5 Å². The number of hydrogen-bond acceptors (Lipinski definition) is 1. The fraction of sp³-hybridized carbons (Fsp3) is 0.733. The Labute approximate surface area is 98.2 Å². The summed E-state index contributed by atoms with van der Waals surface area (Å²) in [5.41, 5.74) is 3.41. The van der Waals surface area contributed by atoms with Gasteiger partial charge in [-0.1, -0.05) is 19.8 Å². The van der Waals surface area contributed by atoms with Gasteiger partial charge in [0.2, 0.25) is 0 Å². The number of fused-ring (bicyclic) bond motifs is 1. The first-order valence-corrected chi connectivity index (χ1v) is 6.74. The van der Waals surface area contributed by atoms with E-state index in [2.05, 4.69) is 13.8 Å². The minimum Gasteiger partial charge on any atom is -0.472 e. The van der Waals surface area contributed by atoms with Gasteiger partial charge in [-0.05, 0) is 61.0 Å². The van der Waals surface area contributed by atoms with Crippen molar-refractivity contribution in [2.45, 2.75) is 58.3 Å². The Balaban J connectivity index is 1.95. The molecule has 1 nitrogen and oxygen atoms in total. The SMILES string of the molecule is Cc1cocc1[C@H]1CC[C@@H]2CCCC[C@@]21C. The molecule has 0 radical (unpaired) electrons. The lowest BCUT2D eigenvalue weighted by molar-refractivity contribution is 0.132. The molecule has 0 saturated heterocycles. The molecule has 2 saturated carbocycles. The van der Waals surface area contributed by atoms with Gasteiger partial charge in [0.1, 0.15) is 0 Å². The lowest BCUT2D eigenvalue weighted by Gasteiger charge is -2.40. The third-order valence-electron chi connectivity index (χ3n) is 5.32. The van der Waals surface area contributed by atoms with Gasteiger partial charge in [0.25, 0.3) is 0 Å². The Hall–Kier alpha value is -0.720. The van der Waals surface area contributed by atoms with Crippen molar-refractivity contribution in [3.05, 3.63) is 23.7 Å². The van der Waals surface area contributed by atoms with Gasteiger partial charge in [-0.2, -0.15) is 0 Å². The molecule has 16 heavy (non-hydrogen) atoms. The summed E-state index contributed by atoms with van der Waals surface area (Å²) in [4.78, 5) is 0. The van der Waals surface area contributed by atoms with Crippen molar-refractivity contribution in [1.29, 1.82) is 0 Å². The van der Waals surface area contributed by atoms with Gasteiger partial charge in [-0.25, -0.2) is 0 Å². The quantitative estimate of drug-likeness (QED) is 0.668. The average Bonchev–Trinajstić information content (AvgIpc) is 2.81. The van der Waals surface area contributed by atoms with Crippen LogP contribution in [0.25, 0.3) is 0 Å². The summed E-state index contributed by atoms with van der Waals surface area (Å²) in [6.07, 6.45) is 12.5. The molecule has 2 aliphatic carbocycles. The lowest BCUT2D eigenvalue weighted by atomic mass is 9.64. The summed E-state index contributed by atoms with van der Waals surface area (Å²) in [7, 11) is 0. The van der Waals surface area contributed by atoms with Gasteiger partial charge in [0.15, 0.2) is 0 Å². The van der Waals surface area contributed by atoms with E-state index < -0.39 is 0 Å². The molecule has 1 aromatic rings. The normalized spacial score (nSPS) is 38.6. The van der Waals surface area contributed by atoms with Crippen LogP contribution in [0.2, 0.25) is 0 Å². The fourth-order valence-corrected chi connectivity index (χ4v) is 4.30. The van der Waals surface area contributed by atoms with Gasteiger partial charge < -0.3 is 4.42 Å². The number of furan rings is 1. The van der Waals surface area contributed by atoms with E-state index >= 15 is 0 Å². The van der Waals surface area contributed by atoms with Crippen LogP contribution in [0.4, 0.5) is 0 Å². The maximum absolute atomic E-state index is 5.38. The Morgan fingerprint density at radius 3 is 2.81 bits per heavy atom. The third-order valence-corrected chi connectivity index (χ3v) is 5.32. The minimum absolute atomic E-state index is 0.562. The van der Waals surface area contributed by atoms with Crippen molar-refractivity contribution in [2.75, 3.05) is 0 Å². The highest BCUT2D eigenvalue weighted by Gasteiger charge is 2.48. The van der Waals surface area contributed by atoms with Gasteiger partial charge >= 0.3 is 0 Å². The second kappa shape index (κ2) is 3.65. The maximum atomic E-state index is 5.38. The predicted octanol–water partition coefficient (Wildman–Crippen LogP) is 4.66. The summed E-state index contributed by atoms with van der Waals surface area (Å²) in [6, 6.07) is 0. The highest BCUT2D eigenvalue weighted by Crippen LogP contribution is 2.59. The second-order valence-corrected chi connectivity index (χ2v) is 6.09. The van der Waals surface area contributed by atoms with Crippen molar-refractivity contribution in [3.63, 3.8) is 0 Å². The van der Waals surface area contributed by atoms with Crippen LogP contribution >= 0.6 is 0 Å². The number of rotatable bonds is 1. The van der Waals surface area contributed by atoms with E-state index in [1.165, 1.54) is 49.7 Å². The molecule has 3 atom stereocenters. The van der Waals surface area contributed by atoms with Crippen LogP contribution in [0.5, 0.6) is 0 Å².